The van der Waals surface area contributed by atoms with Crippen LogP contribution in [0.5, 0.6) is 0 Å². The molecule has 1 saturated heterocycles. The van der Waals surface area contributed by atoms with Crippen molar-refractivity contribution in [3.05, 3.63) is 0 Å². The number of amides is 2. The molecule has 1 heterocycles. The zero-order valence-corrected chi connectivity index (χ0v) is 10.0. The minimum Gasteiger partial charge on any atom is -0.354 e. The minimum atomic E-state index is 0.0506. The predicted molar refractivity (Wildman–Crippen MR) is 61.9 cm³/mol. The lowest BCUT2D eigenvalue weighted by Gasteiger charge is -2.24. The predicted octanol–water partition coefficient (Wildman–Crippen LogP) is -0.231. The van der Waals surface area contributed by atoms with Crippen LogP contribution in [0.1, 0.15) is 33.1 Å². The van der Waals surface area contributed by atoms with Gasteiger partial charge in [-0.1, -0.05) is 6.92 Å². The first-order chi connectivity index (χ1) is 7.61. The molecule has 2 atom stereocenters. The number of rotatable bonds is 5. The van der Waals surface area contributed by atoms with Crippen LogP contribution >= 0.6 is 0 Å². The Morgan fingerprint density at radius 3 is 2.94 bits per heavy atom. The highest BCUT2D eigenvalue weighted by molar-refractivity contribution is 5.79. The lowest BCUT2D eigenvalue weighted by Crippen LogP contribution is -2.48. The van der Waals surface area contributed by atoms with Gasteiger partial charge in [0.2, 0.25) is 11.8 Å². The average molecular weight is 227 g/mol. The van der Waals surface area contributed by atoms with Crippen molar-refractivity contribution >= 4 is 11.8 Å². The Kier molecular flexibility index (Phi) is 5.25. The molecule has 1 aliphatic rings. The van der Waals surface area contributed by atoms with Crippen molar-refractivity contribution in [3.63, 3.8) is 0 Å². The van der Waals surface area contributed by atoms with Crippen LogP contribution in [0.4, 0.5) is 0 Å². The van der Waals surface area contributed by atoms with Crippen LogP contribution in [0.15, 0.2) is 0 Å². The van der Waals surface area contributed by atoms with Crippen LogP contribution in [0.3, 0.4) is 0 Å². The molecule has 0 aromatic rings. The molecule has 2 amide bonds. The fourth-order valence-corrected chi connectivity index (χ4v) is 1.84. The molecule has 0 saturated carbocycles. The molecule has 1 rings (SSSR count). The highest BCUT2D eigenvalue weighted by Crippen LogP contribution is 2.03. The van der Waals surface area contributed by atoms with Crippen LogP contribution in [-0.2, 0) is 9.59 Å². The largest absolute Gasteiger partial charge is 0.354 e. The molecule has 0 spiro atoms. The molecular weight excluding hydrogens is 206 g/mol. The average Bonchev–Trinajstić information content (AvgIpc) is 2.21. The Balaban J connectivity index is 2.21. The van der Waals surface area contributed by atoms with Crippen molar-refractivity contribution in [3.8, 4) is 0 Å². The third kappa shape index (κ3) is 4.61. The summed E-state index contributed by atoms with van der Waals surface area (Å²) in [4.78, 5) is 22.5. The molecule has 5 heteroatoms. The van der Waals surface area contributed by atoms with Crippen molar-refractivity contribution in [1.82, 2.24) is 16.0 Å². The number of carbonyl (C=O) groups excluding carboxylic acids is 2. The molecule has 1 fully saturated rings. The molecule has 3 N–H and O–H groups in total. The van der Waals surface area contributed by atoms with Crippen LogP contribution in [-0.4, -0.2) is 37.0 Å². The number of hydrogen-bond acceptors (Lipinski definition) is 3. The first-order valence-corrected chi connectivity index (χ1v) is 5.91. The van der Waals surface area contributed by atoms with E-state index in [0.29, 0.717) is 19.4 Å². The van der Waals surface area contributed by atoms with E-state index < -0.39 is 0 Å². The van der Waals surface area contributed by atoms with Crippen LogP contribution < -0.4 is 16.0 Å². The Hall–Kier alpha value is -1.10. The molecule has 0 aromatic heterocycles. The van der Waals surface area contributed by atoms with Gasteiger partial charge in [-0.15, -0.1) is 0 Å². The molecule has 0 radical (unpaired) electrons. The second-order valence-corrected chi connectivity index (χ2v) is 4.27. The third-order valence-corrected chi connectivity index (χ3v) is 2.67. The van der Waals surface area contributed by atoms with Crippen molar-refractivity contribution < 1.29 is 9.59 Å². The maximum absolute atomic E-state index is 11.6. The normalized spacial score (nSPS) is 22.4. The van der Waals surface area contributed by atoms with Gasteiger partial charge in [-0.05, 0) is 19.9 Å². The molecule has 2 unspecified atom stereocenters. The molecule has 16 heavy (non-hydrogen) atoms. The first-order valence-electron chi connectivity index (χ1n) is 5.91. The van der Waals surface area contributed by atoms with Gasteiger partial charge in [0.15, 0.2) is 0 Å². The van der Waals surface area contributed by atoms with Gasteiger partial charge in [-0.25, -0.2) is 0 Å². The van der Waals surface area contributed by atoms with E-state index in [1.165, 1.54) is 0 Å². The van der Waals surface area contributed by atoms with Gasteiger partial charge in [0.05, 0.1) is 0 Å². The fraction of sp³-hybridized carbons (Fsp3) is 0.818. The van der Waals surface area contributed by atoms with Gasteiger partial charge in [-0.2, -0.15) is 0 Å². The van der Waals surface area contributed by atoms with Crippen molar-refractivity contribution in [2.24, 2.45) is 0 Å². The number of carbonyl (C=O) groups is 2. The van der Waals surface area contributed by atoms with E-state index >= 15 is 0 Å². The number of hydrogen-bond donors (Lipinski definition) is 3. The maximum Gasteiger partial charge on any atom is 0.221 e. The monoisotopic (exact) mass is 227 g/mol. The van der Waals surface area contributed by atoms with Crippen molar-refractivity contribution in [2.75, 3.05) is 13.1 Å². The second kappa shape index (κ2) is 6.48. The molecule has 5 nitrogen and oxygen atoms in total. The third-order valence-electron chi connectivity index (χ3n) is 2.67. The molecule has 0 aliphatic carbocycles. The lowest BCUT2D eigenvalue weighted by molar-refractivity contribution is -0.125. The van der Waals surface area contributed by atoms with E-state index in [0.717, 1.165) is 13.0 Å². The smallest absolute Gasteiger partial charge is 0.221 e. The quantitative estimate of drug-likeness (QED) is 0.607. The highest BCUT2D eigenvalue weighted by Gasteiger charge is 2.19. The van der Waals surface area contributed by atoms with Crippen molar-refractivity contribution in [2.45, 2.75) is 45.2 Å². The summed E-state index contributed by atoms with van der Waals surface area (Å²) in [7, 11) is 0. The fourth-order valence-electron chi connectivity index (χ4n) is 1.84. The van der Waals surface area contributed by atoms with E-state index in [9.17, 15) is 9.59 Å². The molecule has 1 aliphatic heterocycles. The van der Waals surface area contributed by atoms with Gasteiger partial charge < -0.3 is 16.0 Å². The Morgan fingerprint density at radius 1 is 1.62 bits per heavy atom. The Morgan fingerprint density at radius 2 is 2.38 bits per heavy atom. The zero-order valence-electron chi connectivity index (χ0n) is 10.0. The van der Waals surface area contributed by atoms with Gasteiger partial charge >= 0.3 is 0 Å². The van der Waals surface area contributed by atoms with Crippen molar-refractivity contribution in [1.29, 1.82) is 0 Å². The van der Waals surface area contributed by atoms with Gasteiger partial charge in [0, 0.05) is 31.5 Å². The minimum absolute atomic E-state index is 0.0506. The van der Waals surface area contributed by atoms with Gasteiger partial charge in [0.1, 0.15) is 0 Å². The van der Waals surface area contributed by atoms with E-state index in [1.54, 1.807) is 0 Å². The number of piperidine rings is 1. The molecule has 0 aromatic carbocycles. The summed E-state index contributed by atoms with van der Waals surface area (Å²) in [5.41, 5.74) is 0. The van der Waals surface area contributed by atoms with E-state index in [4.69, 9.17) is 0 Å². The summed E-state index contributed by atoms with van der Waals surface area (Å²) >= 11 is 0. The maximum atomic E-state index is 11.6. The van der Waals surface area contributed by atoms with Gasteiger partial charge in [-0.3, -0.25) is 9.59 Å². The van der Waals surface area contributed by atoms with E-state index in [1.807, 2.05) is 13.8 Å². The lowest BCUT2D eigenvalue weighted by atomic mass is 10.1. The molecular formula is C11H21N3O2. The molecule has 0 bridgehead atoms. The van der Waals surface area contributed by atoms with Crippen LogP contribution in [0, 0.1) is 0 Å². The second-order valence-electron chi connectivity index (χ2n) is 4.27. The SMILES string of the molecule is CCNC(C)CC(=O)NC1CCC(=O)NC1. The van der Waals surface area contributed by atoms with Gasteiger partial charge in [0.25, 0.3) is 0 Å². The number of nitrogens with one attached hydrogen (secondary N) is 3. The summed E-state index contributed by atoms with van der Waals surface area (Å²) < 4.78 is 0. The Labute approximate surface area is 96.4 Å². The summed E-state index contributed by atoms with van der Waals surface area (Å²) in [5.74, 6) is 0.126. The molecule has 92 valence electrons. The van der Waals surface area contributed by atoms with Crippen LogP contribution in [0.25, 0.3) is 0 Å². The summed E-state index contributed by atoms with van der Waals surface area (Å²) in [6, 6.07) is 0.294. The zero-order chi connectivity index (χ0) is 12.0. The van der Waals surface area contributed by atoms with Crippen LogP contribution in [0.2, 0.25) is 0 Å². The highest BCUT2D eigenvalue weighted by atomic mass is 16.2. The van der Waals surface area contributed by atoms with E-state index in [-0.39, 0.29) is 23.9 Å². The topological polar surface area (TPSA) is 70.2 Å². The first kappa shape index (κ1) is 13.0. The summed E-state index contributed by atoms with van der Waals surface area (Å²) in [5, 5.41) is 8.87. The Bertz CT molecular complexity index is 246. The summed E-state index contributed by atoms with van der Waals surface area (Å²) in [6.07, 6.45) is 1.74. The van der Waals surface area contributed by atoms with E-state index in [2.05, 4.69) is 16.0 Å². The summed E-state index contributed by atoms with van der Waals surface area (Å²) in [6.45, 7) is 5.44. The standard InChI is InChI=1S/C11H21N3O2/c1-3-12-8(2)6-11(16)14-9-4-5-10(15)13-7-9/h8-9,12H,3-7H2,1-2H3,(H,13,15)(H,14,16).